The molecule has 37 heavy (non-hydrogen) atoms. The van der Waals surface area contributed by atoms with Crippen molar-refractivity contribution in [3.05, 3.63) is 69.9 Å². The first kappa shape index (κ1) is 25.9. The first-order chi connectivity index (χ1) is 17.8. The molecule has 0 saturated carbocycles. The number of rotatable bonds is 7. The van der Waals surface area contributed by atoms with Gasteiger partial charge >= 0.3 is 0 Å². The second-order valence-electron chi connectivity index (χ2n) is 11.2. The lowest BCUT2D eigenvalue weighted by Gasteiger charge is -2.38. The van der Waals surface area contributed by atoms with Crippen LogP contribution in [0.15, 0.2) is 42.5 Å². The van der Waals surface area contributed by atoms with E-state index >= 15 is 0 Å². The number of benzene rings is 2. The monoisotopic (exact) mass is 513 g/mol. The fourth-order valence-electron chi connectivity index (χ4n) is 5.77. The zero-order chi connectivity index (χ0) is 26.2. The molecule has 0 atom stereocenters. The number of pyridine rings is 1. The summed E-state index contributed by atoms with van der Waals surface area (Å²) in [6.07, 6.45) is 4.47. The van der Waals surface area contributed by atoms with Crippen molar-refractivity contribution in [2.24, 2.45) is 5.41 Å². The van der Waals surface area contributed by atoms with E-state index in [-0.39, 0.29) is 0 Å². The number of aromatic nitrogens is 2. The molecular formula is C32H39N3OS. The molecule has 4 nitrogen and oxygen atoms in total. The Bertz CT molecular complexity index is 1400. The molecule has 4 aromatic rings. The molecule has 0 N–H and O–H groups in total. The van der Waals surface area contributed by atoms with Crippen LogP contribution in [0.4, 0.5) is 0 Å². The minimum Gasteiger partial charge on any atom is -0.457 e. The number of hydrogen-bond donors (Lipinski definition) is 0. The average Bonchev–Trinajstić information content (AvgIpc) is 3.24. The molecule has 0 radical (unpaired) electrons. The molecule has 0 aliphatic carbocycles. The van der Waals surface area contributed by atoms with Gasteiger partial charge < -0.3 is 4.74 Å². The summed E-state index contributed by atoms with van der Waals surface area (Å²) in [6.45, 7) is 16.5. The van der Waals surface area contributed by atoms with Crippen molar-refractivity contribution < 1.29 is 4.74 Å². The molecule has 2 aromatic carbocycles. The Labute approximate surface area is 225 Å². The van der Waals surface area contributed by atoms with Gasteiger partial charge in [0.2, 0.25) is 0 Å². The molecule has 0 unspecified atom stereocenters. The van der Waals surface area contributed by atoms with Crippen molar-refractivity contribution >= 4 is 21.6 Å². The SMILES string of the molecule is CCc1cccc(CC)c1-c1cc(Oc2ccc3sc(C)nc3c2)c(CN2CCCC(C)(C)C2)c(C)n1. The molecule has 1 fully saturated rings. The third-order valence-electron chi connectivity index (χ3n) is 7.60. The molecule has 1 saturated heterocycles. The maximum absolute atomic E-state index is 6.71. The van der Waals surface area contributed by atoms with Crippen LogP contribution in [0.3, 0.4) is 0 Å². The Morgan fingerprint density at radius 1 is 1.00 bits per heavy atom. The largest absolute Gasteiger partial charge is 0.457 e. The number of likely N-dealkylation sites (tertiary alicyclic amines) is 1. The van der Waals surface area contributed by atoms with Gasteiger partial charge in [0.15, 0.2) is 0 Å². The van der Waals surface area contributed by atoms with Gasteiger partial charge in [-0.05, 0) is 74.8 Å². The quantitative estimate of drug-likeness (QED) is 0.248. The number of thiazole rings is 1. The highest BCUT2D eigenvalue weighted by Gasteiger charge is 2.28. The Hall–Kier alpha value is -2.76. The van der Waals surface area contributed by atoms with Crippen molar-refractivity contribution in [3.63, 3.8) is 0 Å². The minimum absolute atomic E-state index is 0.337. The van der Waals surface area contributed by atoms with Crippen LogP contribution < -0.4 is 4.74 Å². The molecule has 194 valence electrons. The van der Waals surface area contributed by atoms with Crippen molar-refractivity contribution in [1.29, 1.82) is 0 Å². The number of hydrogen-bond acceptors (Lipinski definition) is 5. The summed E-state index contributed by atoms with van der Waals surface area (Å²) in [7, 11) is 0. The third kappa shape index (κ3) is 5.58. The van der Waals surface area contributed by atoms with E-state index in [0.29, 0.717) is 5.41 Å². The Kier molecular flexibility index (Phi) is 7.37. The number of nitrogens with zero attached hydrogens (tertiary/aromatic N) is 3. The second kappa shape index (κ2) is 10.5. The van der Waals surface area contributed by atoms with Crippen LogP contribution in [0.5, 0.6) is 11.5 Å². The van der Waals surface area contributed by atoms with Gasteiger partial charge in [0, 0.05) is 42.0 Å². The summed E-state index contributed by atoms with van der Waals surface area (Å²) >= 11 is 1.72. The highest BCUT2D eigenvalue weighted by molar-refractivity contribution is 7.18. The smallest absolute Gasteiger partial charge is 0.135 e. The van der Waals surface area contributed by atoms with Gasteiger partial charge in [-0.1, -0.05) is 45.9 Å². The van der Waals surface area contributed by atoms with Gasteiger partial charge in [-0.2, -0.15) is 0 Å². The maximum atomic E-state index is 6.71. The van der Waals surface area contributed by atoms with Crippen LogP contribution in [0.25, 0.3) is 21.5 Å². The normalized spacial score (nSPS) is 15.8. The Balaban J connectivity index is 1.60. The summed E-state index contributed by atoms with van der Waals surface area (Å²) in [5.41, 5.74) is 8.51. The molecule has 1 aliphatic heterocycles. The van der Waals surface area contributed by atoms with Gasteiger partial charge in [0.25, 0.3) is 0 Å². The van der Waals surface area contributed by atoms with Crippen molar-refractivity contribution in [2.75, 3.05) is 13.1 Å². The lowest BCUT2D eigenvalue weighted by Crippen LogP contribution is -2.39. The Morgan fingerprint density at radius 3 is 2.46 bits per heavy atom. The van der Waals surface area contributed by atoms with Gasteiger partial charge in [0.1, 0.15) is 11.5 Å². The zero-order valence-corrected chi connectivity index (χ0v) is 24.0. The first-order valence-electron chi connectivity index (χ1n) is 13.7. The number of piperidine rings is 1. The van der Waals surface area contributed by atoms with E-state index in [9.17, 15) is 0 Å². The van der Waals surface area contributed by atoms with E-state index in [1.54, 1.807) is 11.3 Å². The second-order valence-corrected chi connectivity index (χ2v) is 12.4. The van der Waals surface area contributed by atoms with E-state index in [1.165, 1.54) is 39.8 Å². The summed E-state index contributed by atoms with van der Waals surface area (Å²) in [5.74, 6) is 1.74. The van der Waals surface area contributed by atoms with Crippen LogP contribution in [-0.4, -0.2) is 28.0 Å². The van der Waals surface area contributed by atoms with Crippen LogP contribution in [-0.2, 0) is 19.4 Å². The predicted octanol–water partition coefficient (Wildman–Crippen LogP) is 8.51. The maximum Gasteiger partial charge on any atom is 0.135 e. The van der Waals surface area contributed by atoms with Gasteiger partial charge in [-0.25, -0.2) is 4.98 Å². The first-order valence-corrected chi connectivity index (χ1v) is 14.5. The average molecular weight is 514 g/mol. The number of fused-ring (bicyclic) bond motifs is 1. The fourth-order valence-corrected chi connectivity index (χ4v) is 6.58. The third-order valence-corrected chi connectivity index (χ3v) is 8.55. The molecular weight excluding hydrogens is 474 g/mol. The van der Waals surface area contributed by atoms with Crippen molar-refractivity contribution in [3.8, 4) is 22.8 Å². The number of ether oxygens (including phenoxy) is 1. The predicted molar refractivity (Wildman–Crippen MR) is 156 cm³/mol. The molecule has 2 aromatic heterocycles. The highest BCUT2D eigenvalue weighted by atomic mass is 32.1. The molecule has 0 amide bonds. The Morgan fingerprint density at radius 2 is 1.76 bits per heavy atom. The van der Waals surface area contributed by atoms with Crippen molar-refractivity contribution in [1.82, 2.24) is 14.9 Å². The van der Waals surface area contributed by atoms with Crippen LogP contribution >= 0.6 is 11.3 Å². The van der Waals surface area contributed by atoms with Crippen LogP contribution in [0.2, 0.25) is 0 Å². The molecule has 0 bridgehead atoms. The summed E-state index contributed by atoms with van der Waals surface area (Å²) in [4.78, 5) is 12.5. The molecule has 1 aliphatic rings. The molecule has 3 heterocycles. The van der Waals surface area contributed by atoms with E-state index in [4.69, 9.17) is 14.7 Å². The van der Waals surface area contributed by atoms with Gasteiger partial charge in [0.05, 0.1) is 20.9 Å². The number of aryl methyl sites for hydroxylation is 4. The standard InChI is InChI=1S/C32H39N3OS/c1-7-23-11-9-12-24(8-2)31(23)28-18-29(36-25-13-14-30-27(17-25)34-22(4)37-30)26(21(3)33-28)19-35-16-10-15-32(5,6)20-35/h9,11-14,17-18H,7-8,10,15-16,19-20H2,1-6H3. The van der Waals surface area contributed by atoms with E-state index in [0.717, 1.165) is 65.9 Å². The minimum atomic E-state index is 0.337. The summed E-state index contributed by atoms with van der Waals surface area (Å²) < 4.78 is 7.90. The molecule has 0 spiro atoms. The van der Waals surface area contributed by atoms with E-state index in [2.05, 4.69) is 88.9 Å². The molecule has 5 heteroatoms. The summed E-state index contributed by atoms with van der Waals surface area (Å²) in [5, 5.41) is 1.07. The van der Waals surface area contributed by atoms with Gasteiger partial charge in [-0.3, -0.25) is 9.88 Å². The molecule has 5 rings (SSSR count). The summed E-state index contributed by atoms with van der Waals surface area (Å²) in [6, 6.07) is 15.1. The zero-order valence-electron chi connectivity index (χ0n) is 23.1. The lowest BCUT2D eigenvalue weighted by molar-refractivity contribution is 0.111. The topological polar surface area (TPSA) is 38.2 Å². The van der Waals surface area contributed by atoms with Crippen LogP contribution in [0.1, 0.15) is 67.9 Å². The van der Waals surface area contributed by atoms with Gasteiger partial charge in [-0.15, -0.1) is 11.3 Å². The van der Waals surface area contributed by atoms with E-state index < -0.39 is 0 Å². The fraction of sp³-hybridized carbons (Fsp3) is 0.438. The lowest BCUT2D eigenvalue weighted by atomic mass is 9.84. The van der Waals surface area contributed by atoms with Crippen LogP contribution in [0, 0.1) is 19.3 Å². The van der Waals surface area contributed by atoms with Crippen molar-refractivity contribution in [2.45, 2.75) is 73.8 Å². The highest BCUT2D eigenvalue weighted by Crippen LogP contribution is 2.38. The van der Waals surface area contributed by atoms with E-state index in [1.807, 2.05) is 0 Å².